The molecule has 0 heterocycles. The number of rotatable bonds is 10. The van der Waals surface area contributed by atoms with Gasteiger partial charge in [-0.1, -0.05) is 107 Å². The van der Waals surface area contributed by atoms with Crippen LogP contribution in [-0.4, -0.2) is 0 Å². The molecule has 1 fully saturated rings. The van der Waals surface area contributed by atoms with Gasteiger partial charge in [0.1, 0.15) is 5.82 Å². The number of hydrogen-bond donors (Lipinski definition) is 0. The van der Waals surface area contributed by atoms with Crippen LogP contribution in [-0.2, 0) is 6.42 Å². The minimum atomic E-state index is -0.196. The molecule has 4 rings (SSSR count). The van der Waals surface area contributed by atoms with Crippen molar-refractivity contribution in [2.24, 2.45) is 5.92 Å². The van der Waals surface area contributed by atoms with Crippen LogP contribution < -0.4 is 0 Å². The Bertz CT molecular complexity index is 1150. The molecule has 1 heteroatoms. The third-order valence-corrected chi connectivity index (χ3v) is 8.13. The molecule has 0 amide bonds. The van der Waals surface area contributed by atoms with E-state index in [1.54, 1.807) is 0 Å². The maximum atomic E-state index is 15.3. The molecule has 1 aliphatic rings. The SMILES string of the molecule is CCCCCCc1ccc(C#Cc2ccc3cc(C4CCC(CCCCC)CC4)ccc3c2F)cc1. The Morgan fingerprint density at radius 3 is 2.25 bits per heavy atom. The Morgan fingerprint density at radius 2 is 1.50 bits per heavy atom. The lowest BCUT2D eigenvalue weighted by Gasteiger charge is -2.29. The van der Waals surface area contributed by atoms with E-state index in [9.17, 15) is 0 Å². The predicted octanol–water partition coefficient (Wildman–Crippen LogP) is 10.4. The molecular formula is C35H43F. The topological polar surface area (TPSA) is 0 Å². The number of benzene rings is 3. The summed E-state index contributed by atoms with van der Waals surface area (Å²) in [5.74, 6) is 7.58. The second-order valence-electron chi connectivity index (χ2n) is 10.9. The number of fused-ring (bicyclic) bond motifs is 1. The van der Waals surface area contributed by atoms with Gasteiger partial charge in [0.05, 0.1) is 5.56 Å². The van der Waals surface area contributed by atoms with Gasteiger partial charge in [-0.25, -0.2) is 4.39 Å². The van der Waals surface area contributed by atoms with E-state index in [0.29, 0.717) is 16.9 Å². The van der Waals surface area contributed by atoms with E-state index in [-0.39, 0.29) is 5.82 Å². The van der Waals surface area contributed by atoms with Crippen LogP contribution in [0, 0.1) is 23.6 Å². The van der Waals surface area contributed by atoms with Crippen LogP contribution in [0.15, 0.2) is 54.6 Å². The fourth-order valence-corrected chi connectivity index (χ4v) is 5.78. The van der Waals surface area contributed by atoms with Crippen molar-refractivity contribution in [2.45, 2.75) is 103 Å². The summed E-state index contributed by atoms with van der Waals surface area (Å²) < 4.78 is 15.3. The normalized spacial score (nSPS) is 17.6. The molecule has 0 unspecified atom stereocenters. The zero-order valence-electron chi connectivity index (χ0n) is 22.4. The summed E-state index contributed by atoms with van der Waals surface area (Å²) in [6, 6.07) is 18.7. The fourth-order valence-electron chi connectivity index (χ4n) is 5.78. The lowest BCUT2D eigenvalue weighted by molar-refractivity contribution is 0.303. The van der Waals surface area contributed by atoms with Gasteiger partial charge in [-0.05, 0) is 85.1 Å². The van der Waals surface area contributed by atoms with Crippen LogP contribution in [0.4, 0.5) is 4.39 Å². The Labute approximate surface area is 218 Å². The van der Waals surface area contributed by atoms with Crippen LogP contribution in [0.5, 0.6) is 0 Å². The molecule has 0 atom stereocenters. The number of hydrogen-bond acceptors (Lipinski definition) is 0. The molecule has 0 N–H and O–H groups in total. The average molecular weight is 483 g/mol. The Hall–Kier alpha value is -2.59. The second kappa shape index (κ2) is 13.6. The third kappa shape index (κ3) is 7.22. The lowest BCUT2D eigenvalue weighted by Crippen LogP contribution is -2.13. The first kappa shape index (κ1) is 26.5. The van der Waals surface area contributed by atoms with Gasteiger partial charge >= 0.3 is 0 Å². The van der Waals surface area contributed by atoms with E-state index in [2.05, 4.69) is 62.1 Å². The monoisotopic (exact) mass is 482 g/mol. The standard InChI is InChI=1S/C35H43F/c1-3-5-7-9-11-27-12-14-29(15-13-27)18-21-31-22-23-33-26-32(24-25-34(33)35(31)36)30-19-16-28(17-20-30)10-8-6-4-2/h12-15,22-26,28,30H,3-11,16-17,19-20H2,1-2H3. The molecule has 0 radical (unpaired) electrons. The van der Waals surface area contributed by atoms with E-state index in [1.165, 1.54) is 88.2 Å². The number of aryl methyl sites for hydroxylation is 1. The summed E-state index contributed by atoms with van der Waals surface area (Å²) in [5, 5.41) is 1.68. The van der Waals surface area contributed by atoms with Crippen molar-refractivity contribution in [1.82, 2.24) is 0 Å². The second-order valence-corrected chi connectivity index (χ2v) is 10.9. The smallest absolute Gasteiger partial charge is 0.146 e. The van der Waals surface area contributed by atoms with Gasteiger partial charge < -0.3 is 0 Å². The molecule has 3 aromatic carbocycles. The van der Waals surface area contributed by atoms with Crippen molar-refractivity contribution < 1.29 is 4.39 Å². The van der Waals surface area contributed by atoms with Crippen molar-refractivity contribution in [3.8, 4) is 11.8 Å². The zero-order valence-corrected chi connectivity index (χ0v) is 22.4. The van der Waals surface area contributed by atoms with E-state index < -0.39 is 0 Å². The van der Waals surface area contributed by atoms with E-state index in [0.717, 1.165) is 23.3 Å². The summed E-state index contributed by atoms with van der Waals surface area (Å²) in [6.45, 7) is 4.52. The van der Waals surface area contributed by atoms with E-state index >= 15 is 4.39 Å². The first-order valence-corrected chi connectivity index (χ1v) is 14.5. The zero-order chi connectivity index (χ0) is 25.2. The highest BCUT2D eigenvalue weighted by Gasteiger charge is 2.22. The van der Waals surface area contributed by atoms with Gasteiger partial charge in [-0.3, -0.25) is 0 Å². The first-order chi connectivity index (χ1) is 17.7. The largest absolute Gasteiger partial charge is 0.205 e. The molecule has 0 nitrogen and oxygen atoms in total. The molecule has 0 saturated heterocycles. The van der Waals surface area contributed by atoms with E-state index in [4.69, 9.17) is 0 Å². The first-order valence-electron chi connectivity index (χ1n) is 14.5. The van der Waals surface area contributed by atoms with Crippen LogP contribution in [0.1, 0.15) is 119 Å². The highest BCUT2D eigenvalue weighted by molar-refractivity contribution is 5.85. The van der Waals surface area contributed by atoms with Crippen LogP contribution in [0.3, 0.4) is 0 Å². The summed E-state index contributed by atoms with van der Waals surface area (Å²) in [4.78, 5) is 0. The average Bonchev–Trinajstić information content (AvgIpc) is 2.92. The highest BCUT2D eigenvalue weighted by atomic mass is 19.1. The van der Waals surface area contributed by atoms with Crippen LogP contribution in [0.2, 0.25) is 0 Å². The minimum absolute atomic E-state index is 0.196. The van der Waals surface area contributed by atoms with Crippen LogP contribution in [0.25, 0.3) is 10.8 Å². The molecular weight excluding hydrogens is 439 g/mol. The summed E-state index contributed by atoms with van der Waals surface area (Å²) in [7, 11) is 0. The molecule has 1 aliphatic carbocycles. The molecule has 0 aliphatic heterocycles. The Morgan fingerprint density at radius 1 is 0.750 bits per heavy atom. The molecule has 36 heavy (non-hydrogen) atoms. The fraction of sp³-hybridized carbons (Fsp3) is 0.486. The van der Waals surface area contributed by atoms with Gasteiger partial charge in [0, 0.05) is 10.9 Å². The molecule has 0 spiro atoms. The molecule has 0 aromatic heterocycles. The summed E-state index contributed by atoms with van der Waals surface area (Å²) in [6.07, 6.45) is 16.9. The van der Waals surface area contributed by atoms with Gasteiger partial charge in [-0.15, -0.1) is 0 Å². The highest BCUT2D eigenvalue weighted by Crippen LogP contribution is 2.38. The van der Waals surface area contributed by atoms with Crippen molar-refractivity contribution in [1.29, 1.82) is 0 Å². The predicted molar refractivity (Wildman–Crippen MR) is 153 cm³/mol. The van der Waals surface area contributed by atoms with E-state index in [1.807, 2.05) is 18.2 Å². The third-order valence-electron chi connectivity index (χ3n) is 8.13. The van der Waals surface area contributed by atoms with Crippen molar-refractivity contribution >= 4 is 10.8 Å². The van der Waals surface area contributed by atoms with Gasteiger partial charge in [0.2, 0.25) is 0 Å². The van der Waals surface area contributed by atoms with Crippen LogP contribution >= 0.6 is 0 Å². The number of unbranched alkanes of at least 4 members (excludes halogenated alkanes) is 5. The quantitative estimate of drug-likeness (QED) is 0.199. The molecule has 3 aromatic rings. The Kier molecular flexibility index (Phi) is 10.0. The molecule has 1 saturated carbocycles. The lowest BCUT2D eigenvalue weighted by atomic mass is 9.77. The van der Waals surface area contributed by atoms with Gasteiger partial charge in [-0.2, -0.15) is 0 Å². The van der Waals surface area contributed by atoms with Gasteiger partial charge in [0.15, 0.2) is 0 Å². The van der Waals surface area contributed by atoms with Crippen molar-refractivity contribution in [3.05, 3.63) is 82.7 Å². The van der Waals surface area contributed by atoms with Gasteiger partial charge in [0.25, 0.3) is 0 Å². The maximum absolute atomic E-state index is 15.3. The maximum Gasteiger partial charge on any atom is 0.146 e. The number of halogens is 1. The molecule has 0 bridgehead atoms. The minimum Gasteiger partial charge on any atom is -0.205 e. The van der Waals surface area contributed by atoms with Crippen molar-refractivity contribution in [2.75, 3.05) is 0 Å². The Balaban J connectivity index is 1.39. The summed E-state index contributed by atoms with van der Waals surface area (Å²) >= 11 is 0. The van der Waals surface area contributed by atoms with Crippen molar-refractivity contribution in [3.63, 3.8) is 0 Å². The molecule has 190 valence electrons. The summed E-state index contributed by atoms with van der Waals surface area (Å²) in [5.41, 5.74) is 4.15.